The van der Waals surface area contributed by atoms with Gasteiger partial charge < -0.3 is 15.0 Å². The molecule has 0 saturated carbocycles. The second kappa shape index (κ2) is 7.38. The van der Waals surface area contributed by atoms with Gasteiger partial charge in [0.05, 0.1) is 12.1 Å². The lowest BCUT2D eigenvalue weighted by Gasteiger charge is -2.24. The van der Waals surface area contributed by atoms with Gasteiger partial charge in [-0.3, -0.25) is 9.59 Å². The minimum absolute atomic E-state index is 0.0581. The van der Waals surface area contributed by atoms with Crippen LogP contribution in [0.25, 0.3) is 0 Å². The molecule has 2 aromatic rings. The summed E-state index contributed by atoms with van der Waals surface area (Å²) in [6, 6.07) is 15.4. The summed E-state index contributed by atoms with van der Waals surface area (Å²) in [6.07, 6.45) is -0.208. The number of nitrogens with zero attached hydrogens (tertiary/aromatic N) is 1. The number of amides is 2. The quantitative estimate of drug-likeness (QED) is 0.912. The number of nitrogens with one attached hydrogen (secondary N) is 1. The monoisotopic (exact) mass is 338 g/mol. The average Bonchev–Trinajstić information content (AvgIpc) is 2.61. The predicted molar refractivity (Wildman–Crippen MR) is 96.4 cm³/mol. The van der Waals surface area contributed by atoms with Gasteiger partial charge in [0, 0.05) is 13.1 Å². The first-order chi connectivity index (χ1) is 12.1. The van der Waals surface area contributed by atoms with Crippen LogP contribution < -0.4 is 10.1 Å². The fourth-order valence-corrected chi connectivity index (χ4v) is 2.83. The number of carbonyl (C=O) groups excluding carboxylic acids is 2. The molecule has 5 nitrogen and oxygen atoms in total. The molecule has 0 fully saturated rings. The van der Waals surface area contributed by atoms with Crippen molar-refractivity contribution >= 4 is 17.5 Å². The van der Waals surface area contributed by atoms with Crippen LogP contribution >= 0.6 is 0 Å². The molecule has 1 atom stereocenters. The molecule has 0 bridgehead atoms. The number of likely N-dealkylation sites (N-methyl/N-ethyl adjacent to an activating group) is 1. The van der Waals surface area contributed by atoms with Gasteiger partial charge in [0.1, 0.15) is 5.75 Å². The van der Waals surface area contributed by atoms with Gasteiger partial charge >= 0.3 is 0 Å². The third-order valence-electron chi connectivity index (χ3n) is 4.28. The maximum absolute atomic E-state index is 12.6. The molecular formula is C20H22N2O3. The summed E-state index contributed by atoms with van der Waals surface area (Å²) in [7, 11) is 0. The Kier molecular flexibility index (Phi) is 5.03. The SMILES string of the molecule is CCN(Cc1ccccc1)C(=O)Cc1ccc2c(c1)NC(=O)C(C)O2. The van der Waals surface area contributed by atoms with Crippen LogP contribution in [-0.4, -0.2) is 29.4 Å². The van der Waals surface area contributed by atoms with Crippen LogP contribution in [0.15, 0.2) is 48.5 Å². The van der Waals surface area contributed by atoms with E-state index < -0.39 is 6.10 Å². The molecule has 1 N–H and O–H groups in total. The summed E-state index contributed by atoms with van der Waals surface area (Å²) in [5, 5.41) is 2.82. The summed E-state index contributed by atoms with van der Waals surface area (Å²) in [4.78, 5) is 26.2. The van der Waals surface area contributed by atoms with Crippen molar-refractivity contribution in [1.82, 2.24) is 4.90 Å². The van der Waals surface area contributed by atoms with Gasteiger partial charge in [-0.2, -0.15) is 0 Å². The number of hydrogen-bond donors (Lipinski definition) is 1. The molecule has 2 aromatic carbocycles. The van der Waals surface area contributed by atoms with Gasteiger partial charge in [-0.25, -0.2) is 0 Å². The zero-order valence-electron chi connectivity index (χ0n) is 14.5. The molecule has 1 heterocycles. The van der Waals surface area contributed by atoms with Crippen LogP contribution in [0.4, 0.5) is 5.69 Å². The molecule has 0 spiro atoms. The predicted octanol–water partition coefficient (Wildman–Crippen LogP) is 3.00. The molecule has 0 aliphatic carbocycles. The molecular weight excluding hydrogens is 316 g/mol. The third kappa shape index (κ3) is 3.99. The van der Waals surface area contributed by atoms with E-state index >= 15 is 0 Å². The molecule has 1 aliphatic heterocycles. The number of carbonyl (C=O) groups is 2. The molecule has 2 amide bonds. The fourth-order valence-electron chi connectivity index (χ4n) is 2.83. The van der Waals surface area contributed by atoms with Crippen molar-refractivity contribution in [3.05, 3.63) is 59.7 Å². The maximum atomic E-state index is 12.6. The Labute approximate surface area is 147 Å². The number of benzene rings is 2. The molecule has 3 rings (SSSR count). The topological polar surface area (TPSA) is 58.6 Å². The third-order valence-corrected chi connectivity index (χ3v) is 4.28. The highest BCUT2D eigenvalue weighted by Gasteiger charge is 2.24. The van der Waals surface area contributed by atoms with Gasteiger partial charge in [-0.1, -0.05) is 36.4 Å². The number of fused-ring (bicyclic) bond motifs is 1. The minimum Gasteiger partial charge on any atom is -0.479 e. The Morgan fingerprint density at radius 1 is 1.16 bits per heavy atom. The number of hydrogen-bond acceptors (Lipinski definition) is 3. The van der Waals surface area contributed by atoms with Crippen molar-refractivity contribution in [2.75, 3.05) is 11.9 Å². The Morgan fingerprint density at radius 3 is 2.64 bits per heavy atom. The summed E-state index contributed by atoms with van der Waals surface area (Å²) >= 11 is 0. The van der Waals surface area contributed by atoms with Crippen LogP contribution in [0.3, 0.4) is 0 Å². The van der Waals surface area contributed by atoms with Crippen molar-refractivity contribution < 1.29 is 14.3 Å². The van der Waals surface area contributed by atoms with Gasteiger partial charge in [0.25, 0.3) is 5.91 Å². The van der Waals surface area contributed by atoms with Crippen LogP contribution in [0, 0.1) is 0 Å². The van der Waals surface area contributed by atoms with E-state index in [0.29, 0.717) is 30.9 Å². The fraction of sp³-hybridized carbons (Fsp3) is 0.300. The zero-order chi connectivity index (χ0) is 17.8. The van der Waals surface area contributed by atoms with Gasteiger partial charge in [-0.05, 0) is 37.1 Å². The second-order valence-electron chi connectivity index (χ2n) is 6.15. The van der Waals surface area contributed by atoms with Crippen molar-refractivity contribution in [3.63, 3.8) is 0 Å². The van der Waals surface area contributed by atoms with Crippen LogP contribution in [0.1, 0.15) is 25.0 Å². The van der Waals surface area contributed by atoms with Crippen LogP contribution in [-0.2, 0) is 22.6 Å². The lowest BCUT2D eigenvalue weighted by molar-refractivity contribution is -0.130. The van der Waals surface area contributed by atoms with Gasteiger partial charge in [-0.15, -0.1) is 0 Å². The maximum Gasteiger partial charge on any atom is 0.265 e. The second-order valence-corrected chi connectivity index (χ2v) is 6.15. The molecule has 1 unspecified atom stereocenters. The molecule has 130 valence electrons. The minimum atomic E-state index is -0.499. The molecule has 1 aliphatic rings. The average molecular weight is 338 g/mol. The number of anilines is 1. The molecule has 25 heavy (non-hydrogen) atoms. The van der Waals surface area contributed by atoms with E-state index in [1.165, 1.54) is 0 Å². The summed E-state index contributed by atoms with van der Waals surface area (Å²) in [6.45, 7) is 4.93. The standard InChI is InChI=1S/C20H22N2O3/c1-3-22(13-15-7-5-4-6-8-15)19(23)12-16-9-10-18-17(11-16)21-20(24)14(2)25-18/h4-11,14H,3,12-13H2,1-2H3,(H,21,24). The molecule has 0 aromatic heterocycles. The Hall–Kier alpha value is -2.82. The Balaban J connectivity index is 1.70. The first-order valence-electron chi connectivity index (χ1n) is 8.49. The van der Waals surface area contributed by atoms with E-state index in [-0.39, 0.29) is 11.8 Å². The van der Waals surface area contributed by atoms with E-state index in [0.717, 1.165) is 11.1 Å². The van der Waals surface area contributed by atoms with Crippen molar-refractivity contribution in [2.45, 2.75) is 32.9 Å². The van der Waals surface area contributed by atoms with E-state index in [2.05, 4.69) is 5.32 Å². The number of rotatable bonds is 5. The van der Waals surface area contributed by atoms with Gasteiger partial charge in [0.15, 0.2) is 6.10 Å². The first-order valence-corrected chi connectivity index (χ1v) is 8.49. The zero-order valence-corrected chi connectivity index (χ0v) is 14.5. The summed E-state index contributed by atoms with van der Waals surface area (Å²) in [5.41, 5.74) is 2.59. The Morgan fingerprint density at radius 2 is 1.92 bits per heavy atom. The highest BCUT2D eigenvalue weighted by molar-refractivity contribution is 5.97. The Bertz CT molecular complexity index is 774. The van der Waals surface area contributed by atoms with E-state index in [1.54, 1.807) is 13.0 Å². The van der Waals surface area contributed by atoms with Crippen molar-refractivity contribution in [2.24, 2.45) is 0 Å². The highest BCUT2D eigenvalue weighted by atomic mass is 16.5. The molecule has 5 heteroatoms. The smallest absolute Gasteiger partial charge is 0.265 e. The molecule has 0 radical (unpaired) electrons. The normalized spacial score (nSPS) is 15.8. The van der Waals surface area contributed by atoms with Crippen molar-refractivity contribution in [1.29, 1.82) is 0 Å². The largest absolute Gasteiger partial charge is 0.479 e. The van der Waals surface area contributed by atoms with E-state index in [4.69, 9.17) is 4.74 Å². The number of ether oxygens (including phenoxy) is 1. The molecule has 0 saturated heterocycles. The summed E-state index contributed by atoms with van der Waals surface area (Å²) < 4.78 is 5.54. The van der Waals surface area contributed by atoms with E-state index in [1.807, 2.05) is 54.3 Å². The van der Waals surface area contributed by atoms with Crippen LogP contribution in [0.2, 0.25) is 0 Å². The highest BCUT2D eigenvalue weighted by Crippen LogP contribution is 2.30. The van der Waals surface area contributed by atoms with Gasteiger partial charge in [0.2, 0.25) is 5.91 Å². The first kappa shape index (κ1) is 17.0. The van der Waals surface area contributed by atoms with Crippen LogP contribution in [0.5, 0.6) is 5.75 Å². The van der Waals surface area contributed by atoms with E-state index in [9.17, 15) is 9.59 Å². The lowest BCUT2D eigenvalue weighted by Crippen LogP contribution is -2.34. The lowest BCUT2D eigenvalue weighted by atomic mass is 10.1. The van der Waals surface area contributed by atoms with Crippen molar-refractivity contribution in [3.8, 4) is 5.75 Å². The summed E-state index contributed by atoms with van der Waals surface area (Å²) in [5.74, 6) is 0.526.